The van der Waals surface area contributed by atoms with Crippen LogP contribution in [-0.2, 0) is 9.47 Å². The number of phenolic OH excluding ortho intramolecular Hbond substituents is 1. The van der Waals surface area contributed by atoms with Crippen molar-refractivity contribution in [1.82, 2.24) is 5.32 Å². The lowest BCUT2D eigenvalue weighted by molar-refractivity contribution is -0.0869. The van der Waals surface area contributed by atoms with Crippen LogP contribution < -0.4 is 5.32 Å². The summed E-state index contributed by atoms with van der Waals surface area (Å²) in [5.74, 6) is 0.355. The molecule has 0 amide bonds. The second-order valence-corrected chi connectivity index (χ2v) is 5.42. The van der Waals surface area contributed by atoms with Crippen molar-refractivity contribution in [3.63, 3.8) is 0 Å². The lowest BCUT2D eigenvalue weighted by atomic mass is 10.0. The van der Waals surface area contributed by atoms with Crippen LogP contribution in [0, 0.1) is 0 Å². The molecule has 1 aliphatic heterocycles. The molecule has 0 bridgehead atoms. The molecule has 1 saturated heterocycles. The van der Waals surface area contributed by atoms with Crippen LogP contribution in [0.25, 0.3) is 10.8 Å². The monoisotopic (exact) mass is 287 g/mol. The molecule has 2 aromatic rings. The van der Waals surface area contributed by atoms with E-state index in [-0.39, 0.29) is 12.1 Å². The summed E-state index contributed by atoms with van der Waals surface area (Å²) >= 11 is 0. The van der Waals surface area contributed by atoms with Crippen LogP contribution in [0.15, 0.2) is 36.4 Å². The minimum absolute atomic E-state index is 0.0557. The van der Waals surface area contributed by atoms with E-state index < -0.39 is 0 Å². The molecule has 21 heavy (non-hydrogen) atoms. The van der Waals surface area contributed by atoms with Gasteiger partial charge in [0.1, 0.15) is 5.75 Å². The number of phenols is 1. The maximum atomic E-state index is 10.5. The van der Waals surface area contributed by atoms with Gasteiger partial charge in [-0.25, -0.2) is 0 Å². The van der Waals surface area contributed by atoms with E-state index in [1.54, 1.807) is 0 Å². The quantitative estimate of drug-likeness (QED) is 0.907. The van der Waals surface area contributed by atoms with Crippen molar-refractivity contribution >= 4 is 10.8 Å². The highest BCUT2D eigenvalue weighted by Crippen LogP contribution is 2.32. The zero-order valence-corrected chi connectivity index (χ0v) is 12.2. The third-order valence-electron chi connectivity index (χ3n) is 3.93. The van der Waals surface area contributed by atoms with Gasteiger partial charge in [-0.05, 0) is 12.3 Å². The summed E-state index contributed by atoms with van der Waals surface area (Å²) in [5.41, 5.74) is 0.908. The van der Waals surface area contributed by atoms with Gasteiger partial charge in [0, 0.05) is 23.5 Å². The maximum Gasteiger partial charge on any atom is 0.128 e. The smallest absolute Gasteiger partial charge is 0.128 e. The molecule has 0 radical (unpaired) electrons. The summed E-state index contributed by atoms with van der Waals surface area (Å²) in [4.78, 5) is 0. The lowest BCUT2D eigenvalue weighted by Crippen LogP contribution is -2.38. The van der Waals surface area contributed by atoms with Crippen LogP contribution >= 0.6 is 0 Å². The predicted molar refractivity (Wildman–Crippen MR) is 82.6 cm³/mol. The fourth-order valence-corrected chi connectivity index (χ4v) is 2.69. The zero-order chi connectivity index (χ0) is 14.7. The van der Waals surface area contributed by atoms with E-state index in [0.717, 1.165) is 16.3 Å². The fraction of sp³-hybridized carbons (Fsp3) is 0.412. The molecule has 0 aliphatic carbocycles. The molecule has 1 heterocycles. The largest absolute Gasteiger partial charge is 0.507 e. The summed E-state index contributed by atoms with van der Waals surface area (Å²) in [6.07, 6.45) is 0.0869. The first-order valence-corrected chi connectivity index (χ1v) is 7.39. The molecule has 2 unspecified atom stereocenters. The Morgan fingerprint density at radius 2 is 2.10 bits per heavy atom. The maximum absolute atomic E-state index is 10.5. The SMILES string of the molecule is CC(NCC1COCCO1)c1ccc2ccccc2c1O. The van der Waals surface area contributed by atoms with E-state index in [0.29, 0.717) is 32.1 Å². The molecule has 2 atom stereocenters. The molecule has 4 nitrogen and oxygen atoms in total. The zero-order valence-electron chi connectivity index (χ0n) is 12.2. The van der Waals surface area contributed by atoms with E-state index >= 15 is 0 Å². The van der Waals surface area contributed by atoms with Crippen molar-refractivity contribution in [3.05, 3.63) is 42.0 Å². The number of benzene rings is 2. The molecular weight excluding hydrogens is 266 g/mol. The Morgan fingerprint density at radius 3 is 2.90 bits per heavy atom. The first-order chi connectivity index (χ1) is 10.3. The Balaban J connectivity index is 1.71. The van der Waals surface area contributed by atoms with Gasteiger partial charge in [0.25, 0.3) is 0 Å². The number of nitrogens with one attached hydrogen (secondary N) is 1. The average Bonchev–Trinajstić information content (AvgIpc) is 2.54. The van der Waals surface area contributed by atoms with E-state index in [9.17, 15) is 5.11 Å². The topological polar surface area (TPSA) is 50.7 Å². The molecule has 0 saturated carbocycles. The normalized spacial score (nSPS) is 20.5. The molecule has 3 rings (SSSR count). The second kappa shape index (κ2) is 6.43. The van der Waals surface area contributed by atoms with Gasteiger partial charge in [-0.1, -0.05) is 36.4 Å². The van der Waals surface area contributed by atoms with E-state index in [1.807, 2.05) is 43.3 Å². The average molecular weight is 287 g/mol. The van der Waals surface area contributed by atoms with Crippen molar-refractivity contribution in [2.75, 3.05) is 26.4 Å². The van der Waals surface area contributed by atoms with Crippen LogP contribution in [0.3, 0.4) is 0 Å². The lowest BCUT2D eigenvalue weighted by Gasteiger charge is -2.25. The van der Waals surface area contributed by atoms with Gasteiger partial charge >= 0.3 is 0 Å². The molecule has 2 aromatic carbocycles. The third-order valence-corrected chi connectivity index (χ3v) is 3.93. The van der Waals surface area contributed by atoms with Crippen molar-refractivity contribution in [2.45, 2.75) is 19.1 Å². The Labute approximate surface area is 124 Å². The molecular formula is C17H21NO3. The summed E-state index contributed by atoms with van der Waals surface area (Å²) in [5, 5.41) is 15.8. The Hall–Kier alpha value is -1.62. The summed E-state index contributed by atoms with van der Waals surface area (Å²) < 4.78 is 11.0. The van der Waals surface area contributed by atoms with Crippen LogP contribution in [0.5, 0.6) is 5.75 Å². The molecule has 0 spiro atoms. The van der Waals surface area contributed by atoms with Gasteiger partial charge in [-0.3, -0.25) is 0 Å². The van der Waals surface area contributed by atoms with Crippen LogP contribution in [-0.4, -0.2) is 37.6 Å². The molecule has 1 fully saturated rings. The Bertz CT molecular complexity index is 608. The molecule has 4 heteroatoms. The third kappa shape index (κ3) is 3.18. The highest BCUT2D eigenvalue weighted by molar-refractivity contribution is 5.89. The van der Waals surface area contributed by atoms with Crippen molar-refractivity contribution < 1.29 is 14.6 Å². The summed E-state index contributed by atoms with van der Waals surface area (Å²) in [7, 11) is 0. The van der Waals surface area contributed by atoms with Gasteiger partial charge in [-0.2, -0.15) is 0 Å². The summed E-state index contributed by atoms with van der Waals surface area (Å²) in [6, 6.07) is 11.9. The van der Waals surface area contributed by atoms with E-state index in [1.165, 1.54) is 0 Å². The molecule has 1 aliphatic rings. The molecule has 2 N–H and O–H groups in total. The molecule has 112 valence electrons. The second-order valence-electron chi connectivity index (χ2n) is 5.42. The van der Waals surface area contributed by atoms with Crippen molar-refractivity contribution in [2.24, 2.45) is 0 Å². The van der Waals surface area contributed by atoms with Gasteiger partial charge in [0.2, 0.25) is 0 Å². The van der Waals surface area contributed by atoms with Crippen molar-refractivity contribution in [1.29, 1.82) is 0 Å². The first-order valence-electron chi connectivity index (χ1n) is 7.39. The number of ether oxygens (including phenoxy) is 2. The predicted octanol–water partition coefficient (Wildman–Crippen LogP) is 2.61. The number of hydrogen-bond donors (Lipinski definition) is 2. The van der Waals surface area contributed by atoms with Gasteiger partial charge in [0.15, 0.2) is 0 Å². The van der Waals surface area contributed by atoms with Crippen LogP contribution in [0.2, 0.25) is 0 Å². The van der Waals surface area contributed by atoms with Crippen LogP contribution in [0.4, 0.5) is 0 Å². The highest BCUT2D eigenvalue weighted by atomic mass is 16.6. The Kier molecular flexibility index (Phi) is 4.39. The van der Waals surface area contributed by atoms with Crippen LogP contribution in [0.1, 0.15) is 18.5 Å². The van der Waals surface area contributed by atoms with Crippen molar-refractivity contribution in [3.8, 4) is 5.75 Å². The standard InChI is InChI=1S/C17H21NO3/c1-12(18-10-14-11-20-8-9-21-14)15-7-6-13-4-2-3-5-16(13)17(15)19/h2-7,12,14,18-19H,8-11H2,1H3. The number of aromatic hydroxyl groups is 1. The first kappa shape index (κ1) is 14.3. The van der Waals surface area contributed by atoms with Gasteiger partial charge in [0.05, 0.1) is 25.9 Å². The molecule has 0 aromatic heterocycles. The van der Waals surface area contributed by atoms with E-state index in [2.05, 4.69) is 5.32 Å². The highest BCUT2D eigenvalue weighted by Gasteiger charge is 2.17. The van der Waals surface area contributed by atoms with E-state index in [4.69, 9.17) is 9.47 Å². The summed E-state index contributed by atoms with van der Waals surface area (Å²) in [6.45, 7) is 4.73. The van der Waals surface area contributed by atoms with Gasteiger partial charge in [-0.15, -0.1) is 0 Å². The Morgan fingerprint density at radius 1 is 1.24 bits per heavy atom. The number of fused-ring (bicyclic) bond motifs is 1. The fourth-order valence-electron chi connectivity index (χ4n) is 2.69. The minimum atomic E-state index is 0.0557. The van der Waals surface area contributed by atoms with Gasteiger partial charge < -0.3 is 19.9 Å². The number of hydrogen-bond acceptors (Lipinski definition) is 4. The minimum Gasteiger partial charge on any atom is -0.507 e. The number of rotatable bonds is 4.